The van der Waals surface area contributed by atoms with Gasteiger partial charge in [-0.05, 0) is 128 Å². The Kier molecular flexibility index (Phi) is 10.6. The van der Waals surface area contributed by atoms with Crippen LogP contribution in [0.5, 0.6) is 11.5 Å². The minimum absolute atomic E-state index is 0.132. The molecule has 2 N–H and O–H groups in total. The number of carboxylic acid groups (broad SMARTS) is 1. The molecule has 2 fully saturated rings. The number of morpholine rings is 1. The number of aliphatic carboxylic acids is 1. The van der Waals surface area contributed by atoms with Crippen molar-refractivity contribution in [3.05, 3.63) is 82.1 Å². The van der Waals surface area contributed by atoms with E-state index in [1.54, 1.807) is 0 Å². The number of hydrogen-bond acceptors (Lipinski definition) is 7. The first-order valence-electron chi connectivity index (χ1n) is 18.7. The van der Waals surface area contributed by atoms with E-state index in [1.165, 1.54) is 35.2 Å². The lowest BCUT2D eigenvalue weighted by Crippen LogP contribution is -2.53. The van der Waals surface area contributed by atoms with Crippen molar-refractivity contribution >= 4 is 23.3 Å². The number of carbonyl (C=O) groups is 1. The van der Waals surface area contributed by atoms with Gasteiger partial charge in [0.15, 0.2) is 0 Å². The Labute approximate surface area is 301 Å². The van der Waals surface area contributed by atoms with Crippen molar-refractivity contribution in [3.63, 3.8) is 0 Å². The number of fused-ring (bicyclic) bond motifs is 3. The maximum Gasteiger partial charge on any atom is 0.329 e. The molecule has 50 heavy (non-hydrogen) atoms. The number of nitrogens with one attached hydrogen (secondary N) is 1. The molecule has 3 aliphatic carbocycles. The molecule has 1 aliphatic heterocycles. The Morgan fingerprint density at radius 1 is 1.12 bits per heavy atom. The molecule has 2 heterocycles. The topological polar surface area (TPSA) is 93.2 Å². The Bertz CT molecular complexity index is 1650. The molecule has 3 atom stereocenters. The second-order valence-electron chi connectivity index (χ2n) is 15.3. The van der Waals surface area contributed by atoms with E-state index in [9.17, 15) is 9.90 Å². The standard InChI is InChI=1S/C41H52ClN3O5/c1-28(27-50-37-11-16-43-36-8-3-5-29(2)38(36)37)23-31-24-30-9-10-34(49-22-19-45-17-20-48-21-18-45)26-35(30)40(31)12-14-41(15-13-40,39(46)47)44-33-7-4-6-32(42)25-33/h4,6-7,9-11,16,25-26,28-29,31,44H,3,5,8,12-15,17-24,27H2,1-2H3,(H,46,47)/t28-,29-,31?,40?,41?/m1/s1. The van der Waals surface area contributed by atoms with Crippen LogP contribution in [0.2, 0.25) is 5.02 Å². The van der Waals surface area contributed by atoms with Crippen molar-refractivity contribution in [2.24, 2.45) is 11.8 Å². The number of benzene rings is 2. The highest BCUT2D eigenvalue weighted by atomic mass is 35.5. The number of ether oxygens (including phenoxy) is 3. The highest BCUT2D eigenvalue weighted by Gasteiger charge is 2.54. The van der Waals surface area contributed by atoms with Gasteiger partial charge in [-0.3, -0.25) is 9.88 Å². The minimum Gasteiger partial charge on any atom is -0.493 e. The first-order chi connectivity index (χ1) is 24.2. The number of rotatable bonds is 12. The van der Waals surface area contributed by atoms with Crippen LogP contribution in [0.4, 0.5) is 5.69 Å². The van der Waals surface area contributed by atoms with Crippen LogP contribution in [0.3, 0.4) is 0 Å². The number of hydrogen-bond donors (Lipinski definition) is 2. The quantitative estimate of drug-likeness (QED) is 0.197. The van der Waals surface area contributed by atoms with E-state index < -0.39 is 11.5 Å². The molecular weight excluding hydrogens is 650 g/mol. The number of anilines is 1. The van der Waals surface area contributed by atoms with Gasteiger partial charge in [-0.1, -0.05) is 37.6 Å². The van der Waals surface area contributed by atoms with Gasteiger partial charge < -0.3 is 24.6 Å². The molecule has 0 bridgehead atoms. The molecule has 9 heteroatoms. The van der Waals surface area contributed by atoms with Crippen LogP contribution in [-0.2, 0) is 27.8 Å². The van der Waals surface area contributed by atoms with Gasteiger partial charge in [-0.2, -0.15) is 0 Å². The number of carboxylic acids is 1. The Morgan fingerprint density at radius 2 is 1.94 bits per heavy atom. The average Bonchev–Trinajstić information content (AvgIpc) is 3.40. The summed E-state index contributed by atoms with van der Waals surface area (Å²) in [6.45, 7) is 10.2. The summed E-state index contributed by atoms with van der Waals surface area (Å²) in [7, 11) is 0. The lowest BCUT2D eigenvalue weighted by atomic mass is 9.59. The third-order valence-corrected chi connectivity index (χ3v) is 12.3. The highest BCUT2D eigenvalue weighted by molar-refractivity contribution is 6.30. The van der Waals surface area contributed by atoms with Gasteiger partial charge >= 0.3 is 5.97 Å². The lowest BCUT2D eigenvalue weighted by molar-refractivity contribution is -0.144. The zero-order valence-electron chi connectivity index (χ0n) is 29.6. The summed E-state index contributed by atoms with van der Waals surface area (Å²) in [6.07, 6.45) is 9.89. The highest BCUT2D eigenvalue weighted by Crippen LogP contribution is 2.56. The summed E-state index contributed by atoms with van der Waals surface area (Å²) in [4.78, 5) is 20.0. The van der Waals surface area contributed by atoms with Gasteiger partial charge in [-0.25, -0.2) is 4.79 Å². The van der Waals surface area contributed by atoms with E-state index in [-0.39, 0.29) is 5.41 Å². The summed E-state index contributed by atoms with van der Waals surface area (Å²) in [6, 6.07) is 16.1. The molecule has 1 unspecified atom stereocenters. The largest absolute Gasteiger partial charge is 0.493 e. The van der Waals surface area contributed by atoms with Gasteiger partial charge in [0.1, 0.15) is 23.6 Å². The van der Waals surface area contributed by atoms with Gasteiger partial charge in [0.2, 0.25) is 0 Å². The predicted molar refractivity (Wildman–Crippen MR) is 197 cm³/mol. The molecule has 1 aromatic heterocycles. The number of halogens is 1. The van der Waals surface area contributed by atoms with Gasteiger partial charge in [0, 0.05) is 47.8 Å². The van der Waals surface area contributed by atoms with Crippen LogP contribution in [0.25, 0.3) is 0 Å². The first-order valence-corrected chi connectivity index (χ1v) is 19.1. The minimum atomic E-state index is -1.05. The molecule has 4 aliphatic rings. The van der Waals surface area contributed by atoms with Crippen molar-refractivity contribution in [3.8, 4) is 11.5 Å². The number of pyridine rings is 1. The Balaban J connectivity index is 1.10. The van der Waals surface area contributed by atoms with Crippen molar-refractivity contribution in [2.75, 3.05) is 51.4 Å². The van der Waals surface area contributed by atoms with Gasteiger partial charge in [-0.15, -0.1) is 0 Å². The van der Waals surface area contributed by atoms with Crippen LogP contribution >= 0.6 is 11.6 Å². The predicted octanol–water partition coefficient (Wildman–Crippen LogP) is 7.91. The van der Waals surface area contributed by atoms with Crippen LogP contribution in [0.1, 0.15) is 87.1 Å². The summed E-state index contributed by atoms with van der Waals surface area (Å²) in [5.74, 6) is 2.26. The molecule has 7 rings (SSSR count). The number of nitrogens with zero attached hydrogens (tertiary/aromatic N) is 2. The Hall–Kier alpha value is -3.33. The van der Waals surface area contributed by atoms with Crippen molar-refractivity contribution in [1.82, 2.24) is 9.88 Å². The second-order valence-corrected chi connectivity index (χ2v) is 15.8. The zero-order valence-corrected chi connectivity index (χ0v) is 30.4. The SMILES string of the molecule is C[C@@H](COc1ccnc2c1[C@H](C)CCC2)CC1Cc2ccc(OCCN3CCOCC3)cc2C12CCC(Nc1cccc(Cl)c1)(C(=O)O)CC2. The molecule has 268 valence electrons. The molecule has 0 radical (unpaired) electrons. The zero-order chi connectivity index (χ0) is 34.7. The molecule has 3 aromatic rings. The van der Waals surface area contributed by atoms with Crippen LogP contribution in [0.15, 0.2) is 54.7 Å². The third kappa shape index (κ3) is 7.35. The monoisotopic (exact) mass is 701 g/mol. The van der Waals surface area contributed by atoms with E-state index in [2.05, 4.69) is 47.2 Å². The van der Waals surface area contributed by atoms with Crippen molar-refractivity contribution < 1.29 is 24.1 Å². The molecule has 2 aromatic carbocycles. The van der Waals surface area contributed by atoms with Crippen LogP contribution < -0.4 is 14.8 Å². The van der Waals surface area contributed by atoms with E-state index in [1.807, 2.05) is 36.5 Å². The van der Waals surface area contributed by atoms with Crippen molar-refractivity contribution in [1.29, 1.82) is 0 Å². The normalized spacial score (nSPS) is 26.9. The van der Waals surface area contributed by atoms with E-state index in [0.717, 1.165) is 82.1 Å². The fourth-order valence-corrected chi connectivity index (χ4v) is 9.47. The molecule has 1 spiro atoms. The smallest absolute Gasteiger partial charge is 0.329 e. The lowest BCUT2D eigenvalue weighted by Gasteiger charge is -2.47. The van der Waals surface area contributed by atoms with Crippen LogP contribution in [0, 0.1) is 11.8 Å². The van der Waals surface area contributed by atoms with E-state index in [4.69, 9.17) is 25.8 Å². The molecule has 1 saturated heterocycles. The maximum atomic E-state index is 13.0. The van der Waals surface area contributed by atoms with Gasteiger partial charge in [0.25, 0.3) is 0 Å². The second kappa shape index (κ2) is 15.1. The molecular formula is C41H52ClN3O5. The third-order valence-electron chi connectivity index (χ3n) is 12.0. The van der Waals surface area contributed by atoms with E-state index in [0.29, 0.717) is 48.8 Å². The molecule has 1 saturated carbocycles. The maximum absolute atomic E-state index is 13.0. The molecule has 0 amide bonds. The van der Waals surface area contributed by atoms with Crippen molar-refractivity contribution in [2.45, 2.75) is 88.5 Å². The fraction of sp³-hybridized carbons (Fsp3) is 0.561. The average molecular weight is 702 g/mol. The number of aromatic nitrogens is 1. The van der Waals surface area contributed by atoms with Gasteiger partial charge in [0.05, 0.1) is 19.8 Å². The van der Waals surface area contributed by atoms with Crippen LogP contribution in [-0.4, -0.2) is 72.6 Å². The summed E-state index contributed by atoms with van der Waals surface area (Å²) < 4.78 is 18.5. The first kappa shape index (κ1) is 35.1. The molecule has 8 nitrogen and oxygen atoms in total. The summed E-state index contributed by atoms with van der Waals surface area (Å²) in [5, 5.41) is 14.6. The fourth-order valence-electron chi connectivity index (χ4n) is 9.28. The summed E-state index contributed by atoms with van der Waals surface area (Å²) >= 11 is 6.29. The summed E-state index contributed by atoms with van der Waals surface area (Å²) in [5.41, 5.74) is 4.76. The van der Waals surface area contributed by atoms with E-state index >= 15 is 0 Å². The Morgan fingerprint density at radius 3 is 2.72 bits per heavy atom. The number of aryl methyl sites for hydroxylation is 1.